The zero-order chi connectivity index (χ0) is 14.8. The van der Waals surface area contributed by atoms with Crippen LogP contribution >= 0.6 is 0 Å². The van der Waals surface area contributed by atoms with Gasteiger partial charge in [-0.3, -0.25) is 9.59 Å². The highest BCUT2D eigenvalue weighted by Crippen LogP contribution is 2.18. The van der Waals surface area contributed by atoms with E-state index in [0.29, 0.717) is 12.2 Å². The number of H-pyrrole nitrogens is 1. The minimum absolute atomic E-state index is 0.00116. The molecule has 2 N–H and O–H groups in total. The number of fused-ring (bicyclic) bond motifs is 1. The van der Waals surface area contributed by atoms with Crippen molar-refractivity contribution in [2.45, 2.75) is 25.8 Å². The standard InChI is InChI=1S/C16H19N3O2/c1-11(20)17-13-6-4-8-19(10-13)16(21)15-9-12-5-2-3-7-14(12)18-15/h2-3,5,7,9,13,18H,4,6,8,10H2,1H3,(H,17,20). The number of hydrogen-bond donors (Lipinski definition) is 2. The van der Waals surface area contributed by atoms with Gasteiger partial charge in [-0.2, -0.15) is 0 Å². The van der Waals surface area contributed by atoms with E-state index in [9.17, 15) is 9.59 Å². The predicted octanol–water partition coefficient (Wildman–Crippen LogP) is 1.91. The molecule has 1 aliphatic heterocycles. The monoisotopic (exact) mass is 285 g/mol. The van der Waals surface area contributed by atoms with Crippen LogP contribution in [0.2, 0.25) is 0 Å². The minimum atomic E-state index is -0.0417. The summed E-state index contributed by atoms with van der Waals surface area (Å²) in [4.78, 5) is 28.7. The van der Waals surface area contributed by atoms with Crippen molar-refractivity contribution in [1.82, 2.24) is 15.2 Å². The Balaban J connectivity index is 1.76. The summed E-state index contributed by atoms with van der Waals surface area (Å²) < 4.78 is 0. The number of aromatic amines is 1. The van der Waals surface area contributed by atoms with Crippen molar-refractivity contribution >= 4 is 22.7 Å². The number of hydrogen-bond acceptors (Lipinski definition) is 2. The summed E-state index contributed by atoms with van der Waals surface area (Å²) in [6.07, 6.45) is 1.84. The Labute approximate surface area is 123 Å². The quantitative estimate of drug-likeness (QED) is 0.885. The maximum absolute atomic E-state index is 12.6. The van der Waals surface area contributed by atoms with Gasteiger partial charge in [0.1, 0.15) is 5.69 Å². The van der Waals surface area contributed by atoms with Gasteiger partial charge in [0, 0.05) is 37.0 Å². The molecule has 1 aliphatic rings. The Morgan fingerprint density at radius 1 is 1.33 bits per heavy atom. The highest BCUT2D eigenvalue weighted by molar-refractivity contribution is 5.98. The molecule has 1 aromatic heterocycles. The molecule has 5 nitrogen and oxygen atoms in total. The molecule has 1 aromatic carbocycles. The molecule has 1 unspecified atom stereocenters. The first-order chi connectivity index (χ1) is 10.1. The molecule has 0 aliphatic carbocycles. The molecule has 3 rings (SSSR count). The lowest BCUT2D eigenvalue weighted by molar-refractivity contribution is -0.120. The molecule has 0 saturated carbocycles. The number of para-hydroxylation sites is 1. The largest absolute Gasteiger partial charge is 0.352 e. The molecule has 1 atom stereocenters. The molecule has 110 valence electrons. The second-order valence-corrected chi connectivity index (χ2v) is 5.56. The van der Waals surface area contributed by atoms with E-state index in [-0.39, 0.29) is 17.9 Å². The molecule has 2 heterocycles. The topological polar surface area (TPSA) is 65.2 Å². The lowest BCUT2D eigenvalue weighted by Crippen LogP contribution is -2.49. The number of carbonyl (C=O) groups excluding carboxylic acids is 2. The molecule has 2 aromatic rings. The van der Waals surface area contributed by atoms with Crippen LogP contribution in [0.5, 0.6) is 0 Å². The molecule has 21 heavy (non-hydrogen) atoms. The van der Waals surface area contributed by atoms with Gasteiger partial charge in [0.25, 0.3) is 5.91 Å². The van der Waals surface area contributed by atoms with Gasteiger partial charge in [-0.1, -0.05) is 18.2 Å². The Hall–Kier alpha value is -2.30. The van der Waals surface area contributed by atoms with Gasteiger partial charge in [0.2, 0.25) is 5.91 Å². The Morgan fingerprint density at radius 2 is 2.14 bits per heavy atom. The van der Waals surface area contributed by atoms with Crippen molar-refractivity contribution in [2.75, 3.05) is 13.1 Å². The minimum Gasteiger partial charge on any atom is -0.352 e. The number of amides is 2. The Morgan fingerprint density at radius 3 is 2.90 bits per heavy atom. The van der Waals surface area contributed by atoms with Crippen molar-refractivity contribution in [3.05, 3.63) is 36.0 Å². The van der Waals surface area contributed by atoms with E-state index >= 15 is 0 Å². The fraction of sp³-hybridized carbons (Fsp3) is 0.375. The smallest absolute Gasteiger partial charge is 0.270 e. The van der Waals surface area contributed by atoms with Crippen molar-refractivity contribution in [3.63, 3.8) is 0 Å². The van der Waals surface area contributed by atoms with Crippen LogP contribution < -0.4 is 5.32 Å². The molecule has 1 fully saturated rings. The number of rotatable bonds is 2. The molecule has 2 amide bonds. The molecule has 5 heteroatoms. The van der Waals surface area contributed by atoms with Crippen molar-refractivity contribution in [2.24, 2.45) is 0 Å². The maximum atomic E-state index is 12.6. The number of benzene rings is 1. The predicted molar refractivity (Wildman–Crippen MR) is 81.0 cm³/mol. The average molecular weight is 285 g/mol. The molecule has 0 radical (unpaired) electrons. The van der Waals surface area contributed by atoms with Crippen molar-refractivity contribution < 1.29 is 9.59 Å². The summed E-state index contributed by atoms with van der Waals surface area (Å²) in [7, 11) is 0. The van der Waals surface area contributed by atoms with Crippen LogP contribution in [-0.4, -0.2) is 40.8 Å². The molecule has 1 saturated heterocycles. The van der Waals surface area contributed by atoms with Crippen LogP contribution in [0, 0.1) is 0 Å². The molecule has 0 bridgehead atoms. The average Bonchev–Trinajstić information content (AvgIpc) is 2.90. The van der Waals surface area contributed by atoms with Crippen LogP contribution in [-0.2, 0) is 4.79 Å². The van der Waals surface area contributed by atoms with Crippen molar-refractivity contribution in [1.29, 1.82) is 0 Å². The third-order valence-electron chi connectivity index (χ3n) is 3.88. The maximum Gasteiger partial charge on any atom is 0.270 e. The number of likely N-dealkylation sites (tertiary alicyclic amines) is 1. The second kappa shape index (κ2) is 5.60. The summed E-state index contributed by atoms with van der Waals surface area (Å²) in [5, 5.41) is 3.94. The lowest BCUT2D eigenvalue weighted by atomic mass is 10.1. The van der Waals surface area contributed by atoms with Crippen LogP contribution in [0.25, 0.3) is 10.9 Å². The summed E-state index contributed by atoms with van der Waals surface area (Å²) in [5.74, 6) is -0.0406. The third-order valence-corrected chi connectivity index (χ3v) is 3.88. The van der Waals surface area contributed by atoms with E-state index in [4.69, 9.17) is 0 Å². The zero-order valence-electron chi connectivity index (χ0n) is 12.1. The van der Waals surface area contributed by atoms with E-state index in [2.05, 4.69) is 10.3 Å². The summed E-state index contributed by atoms with van der Waals surface area (Å²) in [6, 6.07) is 9.80. The van der Waals surface area contributed by atoms with Gasteiger partial charge < -0.3 is 15.2 Å². The number of nitrogens with zero attached hydrogens (tertiary/aromatic N) is 1. The summed E-state index contributed by atoms with van der Waals surface area (Å²) in [5.41, 5.74) is 1.58. The first-order valence-electron chi connectivity index (χ1n) is 7.27. The first kappa shape index (κ1) is 13.7. The van der Waals surface area contributed by atoms with Crippen LogP contribution in [0.4, 0.5) is 0 Å². The number of piperidine rings is 1. The number of nitrogens with one attached hydrogen (secondary N) is 2. The fourth-order valence-electron chi connectivity index (χ4n) is 2.93. The Kier molecular flexibility index (Phi) is 3.64. The van der Waals surface area contributed by atoms with Gasteiger partial charge in [-0.05, 0) is 25.0 Å². The van der Waals surface area contributed by atoms with Gasteiger partial charge in [0.05, 0.1) is 0 Å². The fourth-order valence-corrected chi connectivity index (χ4v) is 2.93. The van der Waals surface area contributed by atoms with Crippen LogP contribution in [0.3, 0.4) is 0 Å². The summed E-state index contributed by atoms with van der Waals surface area (Å²) in [6.45, 7) is 2.83. The molecular weight excluding hydrogens is 266 g/mol. The normalized spacial score (nSPS) is 18.7. The van der Waals surface area contributed by atoms with Crippen LogP contribution in [0.15, 0.2) is 30.3 Å². The van der Waals surface area contributed by atoms with Gasteiger partial charge in [-0.25, -0.2) is 0 Å². The SMILES string of the molecule is CC(=O)NC1CCCN(C(=O)c2cc3ccccc3[nH]2)C1. The van der Waals surface area contributed by atoms with E-state index in [1.807, 2.05) is 35.2 Å². The van der Waals surface area contributed by atoms with Gasteiger partial charge in [-0.15, -0.1) is 0 Å². The lowest BCUT2D eigenvalue weighted by Gasteiger charge is -2.32. The van der Waals surface area contributed by atoms with E-state index in [1.54, 1.807) is 0 Å². The molecule has 0 spiro atoms. The van der Waals surface area contributed by atoms with E-state index < -0.39 is 0 Å². The van der Waals surface area contributed by atoms with Gasteiger partial charge >= 0.3 is 0 Å². The van der Waals surface area contributed by atoms with E-state index in [0.717, 1.165) is 30.3 Å². The second-order valence-electron chi connectivity index (χ2n) is 5.56. The first-order valence-corrected chi connectivity index (χ1v) is 7.27. The number of aromatic nitrogens is 1. The summed E-state index contributed by atoms with van der Waals surface area (Å²) >= 11 is 0. The zero-order valence-corrected chi connectivity index (χ0v) is 12.1. The molecular formula is C16H19N3O2. The highest BCUT2D eigenvalue weighted by Gasteiger charge is 2.25. The van der Waals surface area contributed by atoms with Crippen LogP contribution in [0.1, 0.15) is 30.3 Å². The van der Waals surface area contributed by atoms with Crippen molar-refractivity contribution in [3.8, 4) is 0 Å². The van der Waals surface area contributed by atoms with Gasteiger partial charge in [0.15, 0.2) is 0 Å². The third kappa shape index (κ3) is 2.91. The highest BCUT2D eigenvalue weighted by atomic mass is 16.2. The van der Waals surface area contributed by atoms with E-state index in [1.165, 1.54) is 6.92 Å². The number of carbonyl (C=O) groups is 2. The Bertz CT molecular complexity index is 644.